The zero-order valence-electron chi connectivity index (χ0n) is 16.0. The number of ether oxygens (including phenoxy) is 1. The van der Waals surface area contributed by atoms with Crippen molar-refractivity contribution < 1.29 is 22.7 Å². The number of amides is 1. The van der Waals surface area contributed by atoms with Crippen LogP contribution in [0.25, 0.3) is 0 Å². The minimum absolute atomic E-state index is 0.189. The van der Waals surface area contributed by atoms with Gasteiger partial charge in [0, 0.05) is 11.4 Å². The van der Waals surface area contributed by atoms with Crippen molar-refractivity contribution >= 4 is 17.5 Å². The van der Waals surface area contributed by atoms with E-state index in [0.29, 0.717) is 34.1 Å². The number of alkyl halides is 3. The van der Waals surface area contributed by atoms with E-state index < -0.39 is 17.6 Å². The summed E-state index contributed by atoms with van der Waals surface area (Å²) in [6.07, 6.45) is -3.70. The molecule has 1 aromatic heterocycles. The lowest BCUT2D eigenvalue weighted by molar-refractivity contribution is -0.137. The average molecular weight is 438 g/mol. The fourth-order valence-electron chi connectivity index (χ4n) is 3.28. The van der Waals surface area contributed by atoms with Gasteiger partial charge in [-0.2, -0.15) is 18.3 Å². The Morgan fingerprint density at radius 3 is 2.60 bits per heavy atom. The third kappa shape index (κ3) is 4.94. The van der Waals surface area contributed by atoms with Crippen LogP contribution in [0.1, 0.15) is 38.4 Å². The molecule has 0 aliphatic carbocycles. The molecule has 3 rings (SSSR count). The van der Waals surface area contributed by atoms with Gasteiger partial charge in [0.15, 0.2) is 0 Å². The van der Waals surface area contributed by atoms with E-state index in [1.165, 1.54) is 13.2 Å². The van der Waals surface area contributed by atoms with Gasteiger partial charge < -0.3 is 10.5 Å². The number of aromatic amines is 1. The molecule has 9 heteroatoms. The number of nitrogens with two attached hydrogens (primary N) is 1. The third-order valence-electron chi connectivity index (χ3n) is 4.67. The molecule has 0 radical (unpaired) electrons. The van der Waals surface area contributed by atoms with Crippen molar-refractivity contribution in [1.29, 1.82) is 0 Å². The van der Waals surface area contributed by atoms with Crippen molar-refractivity contribution in [2.45, 2.75) is 25.4 Å². The van der Waals surface area contributed by atoms with Gasteiger partial charge in [0.05, 0.1) is 29.6 Å². The first-order chi connectivity index (χ1) is 14.2. The number of carbonyl (C=O) groups excluding carboxylic acids is 1. The van der Waals surface area contributed by atoms with E-state index >= 15 is 0 Å². The maximum Gasteiger partial charge on any atom is 0.416 e. The largest absolute Gasteiger partial charge is 0.496 e. The van der Waals surface area contributed by atoms with Crippen molar-refractivity contribution in [2.75, 3.05) is 7.11 Å². The number of aryl methyl sites for hydroxylation is 2. The molecule has 1 heterocycles. The van der Waals surface area contributed by atoms with Gasteiger partial charge in [0.25, 0.3) is 5.91 Å². The summed E-state index contributed by atoms with van der Waals surface area (Å²) in [7, 11) is 1.39. The lowest BCUT2D eigenvalue weighted by atomic mass is 9.99. The minimum atomic E-state index is -4.46. The number of hydrogen-bond acceptors (Lipinski definition) is 3. The van der Waals surface area contributed by atoms with Crippen LogP contribution < -0.4 is 10.5 Å². The number of H-pyrrole nitrogens is 1. The number of methoxy groups -OCH3 is 1. The predicted molar refractivity (Wildman–Crippen MR) is 107 cm³/mol. The summed E-state index contributed by atoms with van der Waals surface area (Å²) in [4.78, 5) is 12.0. The second-order valence-corrected chi connectivity index (χ2v) is 7.16. The van der Waals surface area contributed by atoms with Gasteiger partial charge in [0.1, 0.15) is 5.75 Å². The molecule has 0 bridgehead atoms. The molecule has 0 aliphatic rings. The van der Waals surface area contributed by atoms with Crippen molar-refractivity contribution in [3.63, 3.8) is 0 Å². The van der Waals surface area contributed by atoms with Gasteiger partial charge in [-0.15, -0.1) is 0 Å². The van der Waals surface area contributed by atoms with Crippen LogP contribution in [0.2, 0.25) is 5.02 Å². The van der Waals surface area contributed by atoms with Gasteiger partial charge in [-0.1, -0.05) is 23.7 Å². The first-order valence-electron chi connectivity index (χ1n) is 9.03. The van der Waals surface area contributed by atoms with Gasteiger partial charge in [-0.25, -0.2) is 0 Å². The van der Waals surface area contributed by atoms with E-state index in [1.54, 1.807) is 18.2 Å². The van der Waals surface area contributed by atoms with Crippen LogP contribution in [0.3, 0.4) is 0 Å². The van der Waals surface area contributed by atoms with Gasteiger partial charge in [0.2, 0.25) is 0 Å². The molecule has 0 atom stereocenters. The molecule has 0 spiro atoms. The van der Waals surface area contributed by atoms with Gasteiger partial charge >= 0.3 is 6.18 Å². The van der Waals surface area contributed by atoms with Crippen LogP contribution in [0.4, 0.5) is 13.2 Å². The standard InChI is InChI=1S/C21H19ClF3N3O2/c1-30-18-8-6-14(21(23,24)25)11-13(18)5-7-16-19(20(26)29)17(28-27-16)10-12-3-2-4-15(22)9-12/h2-4,6,8-9,11H,5,7,10H2,1H3,(H2,26,29)(H,27,28). The summed E-state index contributed by atoms with van der Waals surface area (Å²) in [5.41, 5.74) is 7.16. The van der Waals surface area contributed by atoms with Crippen molar-refractivity contribution in [3.05, 3.63) is 81.1 Å². The molecule has 0 aliphatic heterocycles. The Balaban J connectivity index is 1.86. The molecule has 0 unspecified atom stereocenters. The predicted octanol–water partition coefficient (Wildman–Crippen LogP) is 4.57. The molecule has 0 saturated heterocycles. The first kappa shape index (κ1) is 21.7. The molecule has 30 heavy (non-hydrogen) atoms. The highest BCUT2D eigenvalue weighted by molar-refractivity contribution is 6.30. The fourth-order valence-corrected chi connectivity index (χ4v) is 3.49. The summed E-state index contributed by atoms with van der Waals surface area (Å²) in [6, 6.07) is 10.4. The van der Waals surface area contributed by atoms with Gasteiger partial charge in [-0.3, -0.25) is 9.89 Å². The summed E-state index contributed by atoms with van der Waals surface area (Å²) >= 11 is 6.00. The highest BCUT2D eigenvalue weighted by atomic mass is 35.5. The van der Waals surface area contributed by atoms with Crippen LogP contribution >= 0.6 is 11.6 Å². The lowest BCUT2D eigenvalue weighted by Crippen LogP contribution is -2.15. The normalized spacial score (nSPS) is 11.5. The topological polar surface area (TPSA) is 81.0 Å². The van der Waals surface area contributed by atoms with Crippen molar-refractivity contribution in [2.24, 2.45) is 5.73 Å². The van der Waals surface area contributed by atoms with E-state index in [1.807, 2.05) is 6.07 Å². The monoisotopic (exact) mass is 437 g/mol. The van der Waals surface area contributed by atoms with E-state index in [0.717, 1.165) is 17.7 Å². The molecule has 2 aromatic carbocycles. The maximum atomic E-state index is 13.0. The Labute approximate surface area is 176 Å². The maximum absolute atomic E-state index is 13.0. The summed E-state index contributed by atoms with van der Waals surface area (Å²) < 4.78 is 44.3. The number of primary amides is 1. The highest BCUT2D eigenvalue weighted by Crippen LogP contribution is 2.33. The van der Waals surface area contributed by atoms with Crippen LogP contribution in [-0.2, 0) is 25.4 Å². The molecular formula is C21H19ClF3N3O2. The lowest BCUT2D eigenvalue weighted by Gasteiger charge is -2.12. The summed E-state index contributed by atoms with van der Waals surface area (Å²) in [5.74, 6) is -0.329. The van der Waals surface area contributed by atoms with Crippen LogP contribution in [-0.4, -0.2) is 23.2 Å². The molecule has 0 saturated carbocycles. The highest BCUT2D eigenvalue weighted by Gasteiger charge is 2.31. The van der Waals surface area contributed by atoms with E-state index in [-0.39, 0.29) is 18.4 Å². The number of aromatic nitrogens is 2. The Morgan fingerprint density at radius 2 is 1.97 bits per heavy atom. The average Bonchev–Trinajstić information content (AvgIpc) is 3.08. The summed E-state index contributed by atoms with van der Waals surface area (Å²) in [5, 5.41) is 7.55. The smallest absolute Gasteiger partial charge is 0.416 e. The van der Waals surface area contributed by atoms with Crippen molar-refractivity contribution in [1.82, 2.24) is 10.2 Å². The molecule has 5 nitrogen and oxygen atoms in total. The van der Waals surface area contributed by atoms with Crippen LogP contribution in [0, 0.1) is 0 Å². The number of rotatable bonds is 7. The number of benzene rings is 2. The molecule has 158 valence electrons. The second-order valence-electron chi connectivity index (χ2n) is 6.72. The SMILES string of the molecule is COc1ccc(C(F)(F)F)cc1CCc1n[nH]c(Cc2cccc(Cl)c2)c1C(N)=O. The molecule has 3 aromatic rings. The quantitative estimate of drug-likeness (QED) is 0.568. The zero-order valence-corrected chi connectivity index (χ0v) is 16.8. The van der Waals surface area contributed by atoms with Gasteiger partial charge in [-0.05, 0) is 54.3 Å². The first-order valence-corrected chi connectivity index (χ1v) is 9.41. The zero-order chi connectivity index (χ0) is 21.9. The summed E-state index contributed by atoms with van der Waals surface area (Å²) in [6.45, 7) is 0. The van der Waals surface area contributed by atoms with Crippen LogP contribution in [0.15, 0.2) is 42.5 Å². The minimum Gasteiger partial charge on any atom is -0.496 e. The number of hydrogen-bond donors (Lipinski definition) is 2. The van der Waals surface area contributed by atoms with Crippen LogP contribution in [0.5, 0.6) is 5.75 Å². The number of carbonyl (C=O) groups is 1. The Hall–Kier alpha value is -3.00. The molecule has 1 amide bonds. The van der Waals surface area contributed by atoms with E-state index in [4.69, 9.17) is 22.1 Å². The Bertz CT molecular complexity index is 1060. The second kappa shape index (κ2) is 8.79. The molecular weight excluding hydrogens is 419 g/mol. The van der Waals surface area contributed by atoms with Crippen molar-refractivity contribution in [3.8, 4) is 5.75 Å². The molecule has 3 N–H and O–H groups in total. The Morgan fingerprint density at radius 1 is 1.20 bits per heavy atom. The number of halogens is 4. The molecule has 0 fully saturated rings. The Kier molecular flexibility index (Phi) is 6.36. The van der Waals surface area contributed by atoms with E-state index in [2.05, 4.69) is 10.2 Å². The number of nitrogens with zero attached hydrogens (tertiary/aromatic N) is 1. The third-order valence-corrected chi connectivity index (χ3v) is 4.91. The van der Waals surface area contributed by atoms with E-state index in [9.17, 15) is 18.0 Å². The fraction of sp³-hybridized carbons (Fsp3) is 0.238. The number of nitrogens with one attached hydrogen (secondary N) is 1.